The van der Waals surface area contributed by atoms with E-state index in [-0.39, 0.29) is 5.91 Å². The zero-order valence-corrected chi connectivity index (χ0v) is 11.2. The molecule has 0 aromatic carbocycles. The molecule has 0 bridgehead atoms. The minimum Gasteiger partial charge on any atom is -0.466 e. The number of aryl methyl sites for hydroxylation is 2. The highest BCUT2D eigenvalue weighted by Crippen LogP contribution is 2.44. The summed E-state index contributed by atoms with van der Waals surface area (Å²) in [6, 6.07) is 3.87. The zero-order valence-electron chi connectivity index (χ0n) is 11.2. The number of rotatable bonds is 7. The van der Waals surface area contributed by atoms with E-state index >= 15 is 0 Å². The maximum Gasteiger partial charge on any atom is 0.220 e. The molecule has 0 aliphatic heterocycles. The van der Waals surface area contributed by atoms with Crippen LogP contribution in [0.1, 0.15) is 30.8 Å². The van der Waals surface area contributed by atoms with Gasteiger partial charge in [0.05, 0.1) is 0 Å². The Hall–Kier alpha value is -1.29. The summed E-state index contributed by atoms with van der Waals surface area (Å²) >= 11 is 0. The van der Waals surface area contributed by atoms with Crippen molar-refractivity contribution in [3.05, 3.63) is 23.7 Å². The standard InChI is InChI=1S/C14H22N2O2/c1-11-3-4-12(18-11)5-6-13(17)16-10-14(7-8-14)9-15-2/h3-4,15H,5-10H2,1-2H3,(H,16,17). The van der Waals surface area contributed by atoms with E-state index in [2.05, 4.69) is 10.6 Å². The second-order valence-corrected chi connectivity index (χ2v) is 5.32. The largest absolute Gasteiger partial charge is 0.466 e. The minimum absolute atomic E-state index is 0.117. The van der Waals surface area contributed by atoms with Crippen LogP contribution in [0.15, 0.2) is 16.5 Å². The van der Waals surface area contributed by atoms with Gasteiger partial charge in [0.25, 0.3) is 0 Å². The van der Waals surface area contributed by atoms with Crippen LogP contribution >= 0.6 is 0 Å². The van der Waals surface area contributed by atoms with Crippen molar-refractivity contribution in [3.8, 4) is 0 Å². The zero-order chi connectivity index (χ0) is 13.0. The lowest BCUT2D eigenvalue weighted by Crippen LogP contribution is -2.34. The van der Waals surface area contributed by atoms with Gasteiger partial charge < -0.3 is 15.1 Å². The molecule has 100 valence electrons. The van der Waals surface area contributed by atoms with Gasteiger partial charge in [0.15, 0.2) is 0 Å². The monoisotopic (exact) mass is 250 g/mol. The lowest BCUT2D eigenvalue weighted by molar-refractivity contribution is -0.121. The van der Waals surface area contributed by atoms with Crippen molar-refractivity contribution in [3.63, 3.8) is 0 Å². The third kappa shape index (κ3) is 3.60. The maximum absolute atomic E-state index is 11.7. The van der Waals surface area contributed by atoms with Crippen LogP contribution < -0.4 is 10.6 Å². The van der Waals surface area contributed by atoms with Crippen LogP contribution in [0.5, 0.6) is 0 Å². The molecule has 0 saturated heterocycles. The molecule has 1 heterocycles. The molecular formula is C14H22N2O2. The van der Waals surface area contributed by atoms with Crippen LogP contribution in [0, 0.1) is 12.3 Å². The van der Waals surface area contributed by atoms with E-state index in [0.29, 0.717) is 18.3 Å². The van der Waals surface area contributed by atoms with Crippen LogP contribution in [0.4, 0.5) is 0 Å². The Morgan fingerprint density at radius 2 is 2.17 bits per heavy atom. The van der Waals surface area contributed by atoms with Crippen LogP contribution in [-0.4, -0.2) is 26.0 Å². The lowest BCUT2D eigenvalue weighted by Gasteiger charge is -2.15. The van der Waals surface area contributed by atoms with Crippen molar-refractivity contribution in [1.29, 1.82) is 0 Å². The normalized spacial score (nSPS) is 16.6. The average molecular weight is 250 g/mol. The van der Waals surface area contributed by atoms with Gasteiger partial charge in [0, 0.05) is 31.3 Å². The van der Waals surface area contributed by atoms with Gasteiger partial charge in [0.2, 0.25) is 5.91 Å². The molecule has 1 aliphatic rings. The summed E-state index contributed by atoms with van der Waals surface area (Å²) in [6.07, 6.45) is 3.61. The Balaban J connectivity index is 1.66. The van der Waals surface area contributed by atoms with E-state index in [1.165, 1.54) is 12.8 Å². The molecule has 1 fully saturated rings. The van der Waals surface area contributed by atoms with Gasteiger partial charge in [-0.25, -0.2) is 0 Å². The molecule has 0 atom stereocenters. The van der Waals surface area contributed by atoms with Gasteiger partial charge in [-0.05, 0) is 38.9 Å². The SMILES string of the molecule is CNCC1(CNC(=O)CCc2ccc(C)o2)CC1. The van der Waals surface area contributed by atoms with E-state index in [1.807, 2.05) is 26.1 Å². The fourth-order valence-corrected chi connectivity index (χ4v) is 2.20. The third-order valence-corrected chi connectivity index (χ3v) is 3.56. The van der Waals surface area contributed by atoms with Crippen molar-refractivity contribution in [2.45, 2.75) is 32.6 Å². The summed E-state index contributed by atoms with van der Waals surface area (Å²) in [5, 5.41) is 6.22. The van der Waals surface area contributed by atoms with Crippen molar-refractivity contribution < 1.29 is 9.21 Å². The number of hydrogen-bond donors (Lipinski definition) is 2. The number of carbonyl (C=O) groups excluding carboxylic acids is 1. The molecule has 1 aliphatic carbocycles. The Morgan fingerprint density at radius 3 is 2.72 bits per heavy atom. The molecule has 4 nitrogen and oxygen atoms in total. The van der Waals surface area contributed by atoms with E-state index in [4.69, 9.17) is 4.42 Å². The topological polar surface area (TPSA) is 54.3 Å². The fourth-order valence-electron chi connectivity index (χ4n) is 2.20. The van der Waals surface area contributed by atoms with Crippen molar-refractivity contribution >= 4 is 5.91 Å². The molecule has 2 N–H and O–H groups in total. The van der Waals surface area contributed by atoms with Crippen molar-refractivity contribution in [2.75, 3.05) is 20.1 Å². The van der Waals surface area contributed by atoms with Crippen LogP contribution in [0.3, 0.4) is 0 Å². The van der Waals surface area contributed by atoms with Gasteiger partial charge in [-0.15, -0.1) is 0 Å². The second kappa shape index (κ2) is 5.57. The molecule has 0 unspecified atom stereocenters. The number of nitrogens with one attached hydrogen (secondary N) is 2. The predicted octanol–water partition coefficient (Wildman–Crippen LogP) is 1.64. The van der Waals surface area contributed by atoms with E-state index in [0.717, 1.165) is 24.6 Å². The summed E-state index contributed by atoms with van der Waals surface area (Å²) in [5.41, 5.74) is 0.325. The predicted molar refractivity (Wildman–Crippen MR) is 70.4 cm³/mol. The number of furan rings is 1. The molecule has 0 radical (unpaired) electrons. The van der Waals surface area contributed by atoms with Crippen LogP contribution in [0.25, 0.3) is 0 Å². The van der Waals surface area contributed by atoms with E-state index in [1.54, 1.807) is 0 Å². The number of carbonyl (C=O) groups is 1. The molecule has 1 aromatic rings. The molecule has 4 heteroatoms. The fraction of sp³-hybridized carbons (Fsp3) is 0.643. The van der Waals surface area contributed by atoms with Crippen molar-refractivity contribution in [1.82, 2.24) is 10.6 Å². The average Bonchev–Trinajstić information content (AvgIpc) is 2.99. The van der Waals surface area contributed by atoms with Gasteiger partial charge in [0.1, 0.15) is 11.5 Å². The highest BCUT2D eigenvalue weighted by Gasteiger charge is 2.41. The van der Waals surface area contributed by atoms with Gasteiger partial charge >= 0.3 is 0 Å². The summed E-state index contributed by atoms with van der Waals surface area (Å²) < 4.78 is 5.44. The Morgan fingerprint density at radius 1 is 1.39 bits per heavy atom. The first-order valence-corrected chi connectivity index (χ1v) is 6.60. The van der Waals surface area contributed by atoms with E-state index < -0.39 is 0 Å². The second-order valence-electron chi connectivity index (χ2n) is 5.32. The third-order valence-electron chi connectivity index (χ3n) is 3.56. The maximum atomic E-state index is 11.7. The summed E-state index contributed by atoms with van der Waals surface area (Å²) in [5.74, 6) is 1.90. The molecule has 1 amide bonds. The molecular weight excluding hydrogens is 228 g/mol. The van der Waals surface area contributed by atoms with Crippen LogP contribution in [0.2, 0.25) is 0 Å². The Bertz CT molecular complexity index is 408. The van der Waals surface area contributed by atoms with E-state index in [9.17, 15) is 4.79 Å². The molecule has 1 saturated carbocycles. The quantitative estimate of drug-likeness (QED) is 0.773. The van der Waals surface area contributed by atoms with Gasteiger partial charge in [-0.2, -0.15) is 0 Å². The Kier molecular flexibility index (Phi) is 4.07. The highest BCUT2D eigenvalue weighted by atomic mass is 16.3. The first-order chi connectivity index (χ1) is 8.63. The highest BCUT2D eigenvalue weighted by molar-refractivity contribution is 5.76. The first kappa shape index (κ1) is 13.1. The summed E-state index contributed by atoms with van der Waals surface area (Å²) in [6.45, 7) is 3.70. The summed E-state index contributed by atoms with van der Waals surface area (Å²) in [4.78, 5) is 11.7. The number of amides is 1. The minimum atomic E-state index is 0.117. The molecule has 0 spiro atoms. The molecule has 1 aromatic heterocycles. The molecule has 18 heavy (non-hydrogen) atoms. The van der Waals surface area contributed by atoms with Gasteiger partial charge in [-0.3, -0.25) is 4.79 Å². The summed E-state index contributed by atoms with van der Waals surface area (Å²) in [7, 11) is 1.96. The Labute approximate surface area is 108 Å². The van der Waals surface area contributed by atoms with Gasteiger partial charge in [-0.1, -0.05) is 0 Å². The lowest BCUT2D eigenvalue weighted by atomic mass is 10.1. The van der Waals surface area contributed by atoms with Crippen molar-refractivity contribution in [2.24, 2.45) is 5.41 Å². The number of hydrogen-bond acceptors (Lipinski definition) is 3. The van der Waals surface area contributed by atoms with Crippen LogP contribution in [-0.2, 0) is 11.2 Å². The smallest absolute Gasteiger partial charge is 0.220 e. The first-order valence-electron chi connectivity index (χ1n) is 6.60. The molecule has 2 rings (SSSR count).